The highest BCUT2D eigenvalue weighted by Crippen LogP contribution is 2.30. The maximum absolute atomic E-state index is 12.1. The van der Waals surface area contributed by atoms with Crippen LogP contribution in [0.2, 0.25) is 5.02 Å². The van der Waals surface area contributed by atoms with E-state index >= 15 is 0 Å². The zero-order valence-corrected chi connectivity index (χ0v) is 16.3. The van der Waals surface area contributed by atoms with Gasteiger partial charge in [0.15, 0.2) is 0 Å². The van der Waals surface area contributed by atoms with Gasteiger partial charge in [0.1, 0.15) is 0 Å². The second kappa shape index (κ2) is 9.30. The number of rotatable bonds is 7. The largest absolute Gasteiger partial charge is 0.462 e. The highest BCUT2D eigenvalue weighted by molar-refractivity contribution is 7.14. The minimum absolute atomic E-state index is 0.353. The predicted octanol–water partition coefficient (Wildman–Crippen LogP) is 5.48. The quantitative estimate of drug-likeness (QED) is 0.324. The third-order valence-electron chi connectivity index (χ3n) is 3.64. The Hall–Kier alpha value is -2.70. The van der Waals surface area contributed by atoms with E-state index in [1.54, 1.807) is 18.3 Å². The van der Waals surface area contributed by atoms with Gasteiger partial charge in [-0.15, -0.1) is 11.3 Å². The third kappa shape index (κ3) is 4.93. The number of nitrogens with zero attached hydrogens (tertiary/aromatic N) is 2. The van der Waals surface area contributed by atoms with Gasteiger partial charge in [-0.2, -0.15) is 5.10 Å². The van der Waals surface area contributed by atoms with Gasteiger partial charge in [0.25, 0.3) is 0 Å². The van der Waals surface area contributed by atoms with Crippen molar-refractivity contribution >= 4 is 40.3 Å². The summed E-state index contributed by atoms with van der Waals surface area (Å²) in [6.45, 7) is 2.35. The number of hydrogen-bond acceptors (Lipinski definition) is 6. The Labute approximate surface area is 166 Å². The van der Waals surface area contributed by atoms with Crippen molar-refractivity contribution in [1.82, 2.24) is 4.98 Å². The average molecular weight is 400 g/mol. The van der Waals surface area contributed by atoms with Crippen LogP contribution in [0.15, 0.2) is 59.0 Å². The summed E-state index contributed by atoms with van der Waals surface area (Å²) < 4.78 is 5.20. The van der Waals surface area contributed by atoms with Gasteiger partial charge >= 0.3 is 5.97 Å². The first-order valence-corrected chi connectivity index (χ1v) is 9.70. The lowest BCUT2D eigenvalue weighted by Crippen LogP contribution is -2.09. The Bertz CT molecular complexity index is 956. The fourth-order valence-electron chi connectivity index (χ4n) is 2.34. The van der Waals surface area contributed by atoms with E-state index in [-0.39, 0.29) is 5.97 Å². The van der Waals surface area contributed by atoms with Gasteiger partial charge in [-0.1, -0.05) is 54.9 Å². The average Bonchev–Trinajstić information content (AvgIpc) is 3.15. The number of nitrogens with one attached hydrogen (secondary N) is 1. The molecule has 0 aliphatic heterocycles. The van der Waals surface area contributed by atoms with Crippen molar-refractivity contribution < 1.29 is 9.53 Å². The van der Waals surface area contributed by atoms with E-state index in [1.165, 1.54) is 11.3 Å². The number of halogens is 1. The number of ether oxygens (including phenoxy) is 1. The molecule has 3 rings (SSSR count). The molecule has 5 nitrogen and oxygen atoms in total. The van der Waals surface area contributed by atoms with Crippen LogP contribution in [0, 0.1) is 0 Å². The summed E-state index contributed by atoms with van der Waals surface area (Å²) in [5.41, 5.74) is 5.70. The maximum atomic E-state index is 12.1. The first-order valence-electron chi connectivity index (χ1n) is 8.44. The molecule has 0 bridgehead atoms. The fraction of sp³-hybridized carbons (Fsp3) is 0.150. The van der Waals surface area contributed by atoms with E-state index < -0.39 is 0 Å². The van der Waals surface area contributed by atoms with Gasteiger partial charge in [0.2, 0.25) is 5.13 Å². The molecule has 0 radical (unpaired) electrons. The van der Waals surface area contributed by atoms with Crippen LogP contribution in [0.4, 0.5) is 5.13 Å². The van der Waals surface area contributed by atoms with Crippen molar-refractivity contribution in [2.24, 2.45) is 5.10 Å². The van der Waals surface area contributed by atoms with Crippen molar-refractivity contribution in [2.45, 2.75) is 13.3 Å². The molecule has 0 fully saturated rings. The van der Waals surface area contributed by atoms with Crippen molar-refractivity contribution in [3.8, 4) is 11.3 Å². The molecule has 0 spiro atoms. The highest BCUT2D eigenvalue weighted by Gasteiger charge is 2.11. The van der Waals surface area contributed by atoms with Crippen LogP contribution in [0.25, 0.3) is 11.3 Å². The number of carbonyl (C=O) groups is 1. The third-order valence-corrected chi connectivity index (χ3v) is 4.71. The van der Waals surface area contributed by atoms with Crippen LogP contribution >= 0.6 is 22.9 Å². The molecule has 0 aliphatic carbocycles. The van der Waals surface area contributed by atoms with Crippen LogP contribution in [0.5, 0.6) is 0 Å². The SMILES string of the molecule is CCCOC(=O)c1ccccc1/C=N/Nc1nc(-c2ccccc2Cl)cs1. The number of esters is 1. The van der Waals surface area contributed by atoms with Gasteiger partial charge in [-0.25, -0.2) is 9.78 Å². The van der Waals surface area contributed by atoms with E-state index in [1.807, 2.05) is 48.7 Å². The molecule has 0 saturated heterocycles. The van der Waals surface area contributed by atoms with Gasteiger partial charge < -0.3 is 4.74 Å². The van der Waals surface area contributed by atoms with E-state index in [0.29, 0.717) is 27.9 Å². The topological polar surface area (TPSA) is 63.6 Å². The molecule has 2 aromatic carbocycles. The number of hydrogen-bond donors (Lipinski definition) is 1. The van der Waals surface area contributed by atoms with Crippen molar-refractivity contribution in [1.29, 1.82) is 0 Å². The van der Waals surface area contributed by atoms with Crippen LogP contribution in [-0.4, -0.2) is 23.8 Å². The monoisotopic (exact) mass is 399 g/mol. The first kappa shape index (κ1) is 19.1. The lowest BCUT2D eigenvalue weighted by Gasteiger charge is -2.05. The van der Waals surface area contributed by atoms with E-state index in [4.69, 9.17) is 16.3 Å². The standard InChI is InChI=1S/C20H18ClN3O2S/c1-2-11-26-19(25)15-8-4-3-7-14(15)12-22-24-20-23-18(13-27-20)16-9-5-6-10-17(16)21/h3-10,12-13H,2,11H2,1H3,(H,23,24)/b22-12+. The van der Waals surface area contributed by atoms with Crippen molar-refractivity contribution in [3.05, 3.63) is 70.1 Å². The summed E-state index contributed by atoms with van der Waals surface area (Å²) in [6.07, 6.45) is 2.36. The van der Waals surface area contributed by atoms with Crippen LogP contribution < -0.4 is 5.43 Å². The molecular formula is C20H18ClN3O2S. The summed E-state index contributed by atoms with van der Waals surface area (Å²) in [5, 5.41) is 7.39. The number of hydrazone groups is 1. The Morgan fingerprint density at radius 3 is 2.85 bits per heavy atom. The van der Waals surface area contributed by atoms with Gasteiger partial charge in [-0.05, 0) is 18.6 Å². The molecule has 0 aliphatic rings. The molecule has 0 amide bonds. The molecule has 1 aromatic heterocycles. The second-order valence-electron chi connectivity index (χ2n) is 5.61. The Balaban J connectivity index is 1.70. The normalized spacial score (nSPS) is 10.9. The van der Waals surface area contributed by atoms with Gasteiger partial charge in [-0.3, -0.25) is 5.43 Å². The van der Waals surface area contributed by atoms with Crippen molar-refractivity contribution in [2.75, 3.05) is 12.0 Å². The lowest BCUT2D eigenvalue weighted by atomic mass is 10.1. The molecule has 0 atom stereocenters. The minimum atomic E-state index is -0.353. The molecule has 1 heterocycles. The number of anilines is 1. The van der Waals surface area contributed by atoms with Crippen molar-refractivity contribution in [3.63, 3.8) is 0 Å². The van der Waals surface area contributed by atoms with Crippen LogP contribution in [0.1, 0.15) is 29.3 Å². The predicted molar refractivity (Wildman–Crippen MR) is 111 cm³/mol. The smallest absolute Gasteiger partial charge is 0.338 e. The second-order valence-corrected chi connectivity index (χ2v) is 6.88. The number of benzene rings is 2. The maximum Gasteiger partial charge on any atom is 0.338 e. The first-order chi connectivity index (χ1) is 13.2. The van der Waals surface area contributed by atoms with E-state index in [9.17, 15) is 4.79 Å². The van der Waals surface area contributed by atoms with Crippen LogP contribution in [-0.2, 0) is 4.74 Å². The summed E-state index contributed by atoms with van der Waals surface area (Å²) in [5.74, 6) is -0.353. The molecular weight excluding hydrogens is 382 g/mol. The molecule has 7 heteroatoms. The summed E-state index contributed by atoms with van der Waals surface area (Å²) in [7, 11) is 0. The molecule has 1 N–H and O–H groups in total. The summed E-state index contributed by atoms with van der Waals surface area (Å²) >= 11 is 7.63. The molecule has 0 unspecified atom stereocenters. The number of aromatic nitrogens is 1. The highest BCUT2D eigenvalue weighted by atomic mass is 35.5. The Morgan fingerprint density at radius 1 is 1.26 bits per heavy atom. The van der Waals surface area contributed by atoms with Crippen LogP contribution in [0.3, 0.4) is 0 Å². The van der Waals surface area contributed by atoms with E-state index in [2.05, 4.69) is 15.5 Å². The molecule has 138 valence electrons. The fourth-order valence-corrected chi connectivity index (χ4v) is 3.23. The summed E-state index contributed by atoms with van der Waals surface area (Å²) in [4.78, 5) is 16.6. The molecule has 27 heavy (non-hydrogen) atoms. The van der Waals surface area contributed by atoms with E-state index in [0.717, 1.165) is 17.7 Å². The molecule has 3 aromatic rings. The Kier molecular flexibility index (Phi) is 6.57. The van der Waals surface area contributed by atoms with Gasteiger partial charge in [0, 0.05) is 21.5 Å². The summed E-state index contributed by atoms with van der Waals surface area (Å²) in [6, 6.07) is 14.7. The van der Waals surface area contributed by atoms with Gasteiger partial charge in [0.05, 0.1) is 24.1 Å². The number of thiazole rings is 1. The zero-order valence-electron chi connectivity index (χ0n) is 14.7. The lowest BCUT2D eigenvalue weighted by molar-refractivity contribution is 0.0505. The Morgan fingerprint density at radius 2 is 2.04 bits per heavy atom. The minimum Gasteiger partial charge on any atom is -0.462 e. The number of carbonyl (C=O) groups excluding carboxylic acids is 1. The zero-order chi connectivity index (χ0) is 19.1. The molecule has 0 saturated carbocycles.